The lowest BCUT2D eigenvalue weighted by Gasteiger charge is -2.35. The zero-order chi connectivity index (χ0) is 9.41. The number of rotatable bonds is 1. The largest absolute Gasteiger partial charge is 0.325 e. The second-order valence-corrected chi connectivity index (χ2v) is 4.83. The quantitative estimate of drug-likeness (QED) is 0.582. The molecular formula is C10H20N2. The van der Waals surface area contributed by atoms with Crippen molar-refractivity contribution < 1.29 is 0 Å². The third-order valence-electron chi connectivity index (χ3n) is 2.66. The Labute approximate surface area is 75.0 Å². The molecule has 0 aromatic carbocycles. The van der Waals surface area contributed by atoms with E-state index in [2.05, 4.69) is 32.9 Å². The standard InChI is InChI=1S/C10H20N2/c1-9(2,11)8-4-6-10(3,12)7-5-8/h4,6,8H,5,7,11-12H2,1-3H3. The van der Waals surface area contributed by atoms with Gasteiger partial charge in [-0.15, -0.1) is 0 Å². The predicted molar refractivity (Wildman–Crippen MR) is 52.7 cm³/mol. The van der Waals surface area contributed by atoms with Gasteiger partial charge in [0, 0.05) is 11.1 Å². The first-order valence-corrected chi connectivity index (χ1v) is 4.58. The highest BCUT2D eigenvalue weighted by Gasteiger charge is 2.29. The van der Waals surface area contributed by atoms with Crippen LogP contribution in [0.2, 0.25) is 0 Å². The molecule has 0 amide bonds. The Kier molecular flexibility index (Phi) is 2.32. The summed E-state index contributed by atoms with van der Waals surface area (Å²) in [5, 5.41) is 0. The van der Waals surface area contributed by atoms with Gasteiger partial charge in [0.15, 0.2) is 0 Å². The summed E-state index contributed by atoms with van der Waals surface area (Å²) in [5.41, 5.74) is 11.7. The summed E-state index contributed by atoms with van der Waals surface area (Å²) in [5.74, 6) is 0.481. The van der Waals surface area contributed by atoms with Crippen LogP contribution in [0.1, 0.15) is 33.6 Å². The fourth-order valence-corrected chi connectivity index (χ4v) is 1.60. The second-order valence-electron chi connectivity index (χ2n) is 4.83. The van der Waals surface area contributed by atoms with Gasteiger partial charge in [0.25, 0.3) is 0 Å². The van der Waals surface area contributed by atoms with Gasteiger partial charge in [-0.05, 0) is 39.5 Å². The van der Waals surface area contributed by atoms with Crippen LogP contribution in [0.5, 0.6) is 0 Å². The molecule has 1 aliphatic rings. The van der Waals surface area contributed by atoms with Crippen LogP contribution in [0.3, 0.4) is 0 Å². The Morgan fingerprint density at radius 3 is 2.42 bits per heavy atom. The zero-order valence-corrected chi connectivity index (χ0v) is 8.30. The van der Waals surface area contributed by atoms with E-state index in [0.29, 0.717) is 5.92 Å². The topological polar surface area (TPSA) is 52.0 Å². The molecule has 2 unspecified atom stereocenters. The van der Waals surface area contributed by atoms with Crippen LogP contribution in [0.25, 0.3) is 0 Å². The average molecular weight is 168 g/mol. The molecule has 0 aliphatic heterocycles. The molecule has 0 aromatic rings. The molecule has 0 heterocycles. The molecule has 0 fully saturated rings. The molecule has 0 radical (unpaired) electrons. The molecule has 0 bridgehead atoms. The summed E-state index contributed by atoms with van der Waals surface area (Å²) in [6.07, 6.45) is 6.40. The van der Waals surface area contributed by atoms with E-state index < -0.39 is 0 Å². The summed E-state index contributed by atoms with van der Waals surface area (Å²) in [6.45, 7) is 6.20. The second kappa shape index (κ2) is 2.86. The van der Waals surface area contributed by atoms with Crippen molar-refractivity contribution in [1.29, 1.82) is 0 Å². The maximum atomic E-state index is 6.01. The maximum Gasteiger partial charge on any atom is 0.0310 e. The highest BCUT2D eigenvalue weighted by molar-refractivity contribution is 5.11. The van der Waals surface area contributed by atoms with Crippen molar-refractivity contribution in [3.05, 3.63) is 12.2 Å². The van der Waals surface area contributed by atoms with Crippen LogP contribution < -0.4 is 11.5 Å². The highest BCUT2D eigenvalue weighted by Crippen LogP contribution is 2.29. The predicted octanol–water partition coefficient (Wildman–Crippen LogP) is 1.41. The lowest BCUT2D eigenvalue weighted by molar-refractivity contribution is 0.314. The van der Waals surface area contributed by atoms with E-state index in [1.165, 1.54) is 0 Å². The van der Waals surface area contributed by atoms with Crippen LogP contribution in [-0.2, 0) is 0 Å². The number of hydrogen-bond donors (Lipinski definition) is 2. The molecule has 0 saturated heterocycles. The van der Waals surface area contributed by atoms with Gasteiger partial charge in [-0.2, -0.15) is 0 Å². The fourth-order valence-electron chi connectivity index (χ4n) is 1.60. The summed E-state index contributed by atoms with van der Waals surface area (Å²) in [7, 11) is 0. The molecule has 70 valence electrons. The van der Waals surface area contributed by atoms with Gasteiger partial charge >= 0.3 is 0 Å². The first kappa shape index (κ1) is 9.75. The maximum absolute atomic E-state index is 6.01. The molecule has 0 aromatic heterocycles. The van der Waals surface area contributed by atoms with E-state index in [4.69, 9.17) is 11.5 Å². The van der Waals surface area contributed by atoms with Gasteiger partial charge in [0.05, 0.1) is 0 Å². The Bertz CT molecular complexity index is 187. The van der Waals surface area contributed by atoms with Gasteiger partial charge in [-0.3, -0.25) is 0 Å². The van der Waals surface area contributed by atoms with Crippen molar-refractivity contribution >= 4 is 0 Å². The Morgan fingerprint density at radius 2 is 2.08 bits per heavy atom. The van der Waals surface area contributed by atoms with Crippen LogP contribution in [-0.4, -0.2) is 11.1 Å². The van der Waals surface area contributed by atoms with Gasteiger partial charge < -0.3 is 11.5 Å². The monoisotopic (exact) mass is 168 g/mol. The van der Waals surface area contributed by atoms with Crippen molar-refractivity contribution in [3.63, 3.8) is 0 Å². The van der Waals surface area contributed by atoms with Gasteiger partial charge in [0.1, 0.15) is 0 Å². The third-order valence-corrected chi connectivity index (χ3v) is 2.66. The van der Waals surface area contributed by atoms with E-state index in [9.17, 15) is 0 Å². The molecule has 2 heteroatoms. The highest BCUT2D eigenvalue weighted by atomic mass is 14.7. The molecule has 12 heavy (non-hydrogen) atoms. The average Bonchev–Trinajstić information content (AvgIpc) is 1.83. The number of nitrogens with two attached hydrogens (primary N) is 2. The lowest BCUT2D eigenvalue weighted by Crippen LogP contribution is -2.45. The van der Waals surface area contributed by atoms with Crippen molar-refractivity contribution in [2.75, 3.05) is 0 Å². The van der Waals surface area contributed by atoms with Crippen LogP contribution in [0.15, 0.2) is 12.2 Å². The van der Waals surface area contributed by atoms with Crippen LogP contribution in [0, 0.1) is 5.92 Å². The summed E-state index contributed by atoms with van der Waals surface area (Å²) in [4.78, 5) is 0. The Hall–Kier alpha value is -0.340. The van der Waals surface area contributed by atoms with Gasteiger partial charge in [0.2, 0.25) is 0 Å². The molecule has 1 rings (SSSR count). The summed E-state index contributed by atoms with van der Waals surface area (Å²) < 4.78 is 0. The fraction of sp³-hybridized carbons (Fsp3) is 0.800. The lowest BCUT2D eigenvalue weighted by atomic mass is 9.76. The van der Waals surface area contributed by atoms with E-state index in [1.54, 1.807) is 0 Å². The molecule has 4 N–H and O–H groups in total. The molecule has 0 saturated carbocycles. The van der Waals surface area contributed by atoms with Gasteiger partial charge in [-0.1, -0.05) is 12.2 Å². The number of hydrogen-bond acceptors (Lipinski definition) is 2. The first-order chi connectivity index (χ1) is 5.31. The van der Waals surface area contributed by atoms with Crippen LogP contribution in [0.4, 0.5) is 0 Å². The third kappa shape index (κ3) is 2.32. The van der Waals surface area contributed by atoms with E-state index >= 15 is 0 Å². The van der Waals surface area contributed by atoms with Crippen molar-refractivity contribution in [1.82, 2.24) is 0 Å². The minimum absolute atomic E-state index is 0.104. The minimum atomic E-state index is -0.109. The SMILES string of the molecule is CC1(N)C=CC(C(C)(C)N)CC1. The Balaban J connectivity index is 2.67. The molecule has 2 atom stereocenters. The van der Waals surface area contributed by atoms with E-state index in [-0.39, 0.29) is 11.1 Å². The summed E-state index contributed by atoms with van der Waals surface area (Å²) >= 11 is 0. The van der Waals surface area contributed by atoms with E-state index in [1.807, 2.05) is 0 Å². The molecule has 2 nitrogen and oxygen atoms in total. The molecular weight excluding hydrogens is 148 g/mol. The Morgan fingerprint density at radius 1 is 1.50 bits per heavy atom. The van der Waals surface area contributed by atoms with Crippen molar-refractivity contribution in [2.45, 2.75) is 44.7 Å². The van der Waals surface area contributed by atoms with E-state index in [0.717, 1.165) is 12.8 Å². The summed E-state index contributed by atoms with van der Waals surface area (Å²) in [6, 6.07) is 0. The van der Waals surface area contributed by atoms with Gasteiger partial charge in [-0.25, -0.2) is 0 Å². The van der Waals surface area contributed by atoms with Crippen molar-refractivity contribution in [3.8, 4) is 0 Å². The normalized spacial score (nSPS) is 36.9. The van der Waals surface area contributed by atoms with Crippen LogP contribution >= 0.6 is 0 Å². The molecule has 0 spiro atoms. The zero-order valence-electron chi connectivity index (χ0n) is 8.30. The smallest absolute Gasteiger partial charge is 0.0310 e. The first-order valence-electron chi connectivity index (χ1n) is 4.58. The minimum Gasteiger partial charge on any atom is -0.325 e. The van der Waals surface area contributed by atoms with Crippen molar-refractivity contribution in [2.24, 2.45) is 17.4 Å². The molecule has 1 aliphatic carbocycles.